The Labute approximate surface area is 118 Å². The third-order valence-electron chi connectivity index (χ3n) is 2.37. The molecule has 0 fully saturated rings. The fraction of sp³-hybridized carbons (Fsp3) is 0.167. The Balaban J connectivity index is 2.46. The van der Waals surface area contributed by atoms with Crippen LogP contribution in [0.3, 0.4) is 0 Å². The monoisotopic (exact) mass is 300 g/mol. The number of ether oxygens (including phenoxy) is 1. The van der Waals surface area contributed by atoms with Crippen molar-refractivity contribution in [2.45, 2.75) is 6.92 Å². The van der Waals surface area contributed by atoms with Gasteiger partial charge in [0.15, 0.2) is 0 Å². The third kappa shape index (κ3) is 2.83. The van der Waals surface area contributed by atoms with Gasteiger partial charge in [-0.1, -0.05) is 23.2 Å². The SMILES string of the molecule is CCOC(=O)c1cc(=O)n(-c2ccc(Cl)cc2Cl)[nH]1. The van der Waals surface area contributed by atoms with Crippen LogP contribution in [0.5, 0.6) is 0 Å². The molecule has 1 heterocycles. The molecule has 2 rings (SSSR count). The van der Waals surface area contributed by atoms with Crippen LogP contribution in [-0.4, -0.2) is 22.4 Å². The predicted octanol–water partition coefficient (Wildman–Crippen LogP) is 2.65. The van der Waals surface area contributed by atoms with Crippen molar-refractivity contribution in [2.75, 3.05) is 6.61 Å². The van der Waals surface area contributed by atoms with Crippen molar-refractivity contribution in [1.82, 2.24) is 9.78 Å². The topological polar surface area (TPSA) is 64.1 Å². The molecule has 0 radical (unpaired) electrons. The summed E-state index contributed by atoms with van der Waals surface area (Å²) in [4.78, 5) is 23.3. The van der Waals surface area contributed by atoms with Gasteiger partial charge < -0.3 is 4.74 Å². The second-order valence-corrected chi connectivity index (χ2v) is 4.50. The van der Waals surface area contributed by atoms with Gasteiger partial charge in [-0.05, 0) is 25.1 Å². The molecule has 7 heteroatoms. The fourth-order valence-electron chi connectivity index (χ4n) is 1.55. The number of carbonyl (C=O) groups excluding carboxylic acids is 1. The Morgan fingerprint density at radius 3 is 2.74 bits per heavy atom. The molecule has 2 aromatic rings. The van der Waals surface area contributed by atoms with Crippen LogP contribution in [0, 0.1) is 0 Å². The van der Waals surface area contributed by atoms with Crippen molar-refractivity contribution in [3.8, 4) is 5.69 Å². The highest BCUT2D eigenvalue weighted by molar-refractivity contribution is 6.35. The van der Waals surface area contributed by atoms with E-state index in [-0.39, 0.29) is 12.3 Å². The Hall–Kier alpha value is -1.72. The summed E-state index contributed by atoms with van der Waals surface area (Å²) in [5.74, 6) is -0.594. The van der Waals surface area contributed by atoms with Crippen LogP contribution in [0.25, 0.3) is 5.69 Å². The minimum absolute atomic E-state index is 0.0675. The second-order valence-electron chi connectivity index (χ2n) is 3.66. The molecule has 0 aliphatic heterocycles. The van der Waals surface area contributed by atoms with E-state index in [4.69, 9.17) is 27.9 Å². The number of aromatic nitrogens is 2. The molecule has 100 valence electrons. The first-order valence-electron chi connectivity index (χ1n) is 5.47. The number of benzene rings is 1. The molecule has 0 unspecified atom stereocenters. The summed E-state index contributed by atoms with van der Waals surface area (Å²) in [6.45, 7) is 1.91. The largest absolute Gasteiger partial charge is 0.461 e. The number of rotatable bonds is 3. The Morgan fingerprint density at radius 1 is 1.37 bits per heavy atom. The fourth-order valence-corrected chi connectivity index (χ4v) is 2.04. The van der Waals surface area contributed by atoms with Gasteiger partial charge in [0, 0.05) is 11.1 Å². The second kappa shape index (κ2) is 5.50. The molecule has 0 spiro atoms. The van der Waals surface area contributed by atoms with Crippen molar-refractivity contribution >= 4 is 29.2 Å². The number of esters is 1. The van der Waals surface area contributed by atoms with Gasteiger partial charge in [0.05, 0.1) is 17.3 Å². The zero-order valence-electron chi connectivity index (χ0n) is 9.94. The maximum atomic E-state index is 11.8. The number of aromatic amines is 1. The van der Waals surface area contributed by atoms with E-state index in [0.29, 0.717) is 15.7 Å². The quantitative estimate of drug-likeness (QED) is 0.886. The van der Waals surface area contributed by atoms with E-state index >= 15 is 0 Å². The lowest BCUT2D eigenvalue weighted by atomic mass is 10.3. The zero-order chi connectivity index (χ0) is 14.0. The lowest BCUT2D eigenvalue weighted by Gasteiger charge is -2.05. The molecule has 0 amide bonds. The van der Waals surface area contributed by atoms with Crippen molar-refractivity contribution < 1.29 is 9.53 Å². The first kappa shape index (κ1) is 13.7. The highest BCUT2D eigenvalue weighted by Gasteiger charge is 2.14. The minimum atomic E-state index is -0.594. The highest BCUT2D eigenvalue weighted by Crippen LogP contribution is 2.22. The van der Waals surface area contributed by atoms with E-state index in [1.807, 2.05) is 0 Å². The lowest BCUT2D eigenvalue weighted by Crippen LogP contribution is -2.13. The summed E-state index contributed by atoms with van der Waals surface area (Å²) in [5.41, 5.74) is 0.0664. The Kier molecular flexibility index (Phi) is 3.97. The van der Waals surface area contributed by atoms with E-state index in [1.54, 1.807) is 19.1 Å². The number of nitrogens with one attached hydrogen (secondary N) is 1. The first-order chi connectivity index (χ1) is 9.02. The molecular weight excluding hydrogens is 291 g/mol. The lowest BCUT2D eigenvalue weighted by molar-refractivity contribution is 0.0519. The summed E-state index contributed by atoms with van der Waals surface area (Å²) in [6, 6.07) is 5.84. The Bertz CT molecular complexity index is 676. The molecule has 1 aromatic carbocycles. The smallest absolute Gasteiger partial charge is 0.356 e. The molecule has 5 nitrogen and oxygen atoms in total. The number of carbonyl (C=O) groups is 1. The van der Waals surface area contributed by atoms with Crippen LogP contribution >= 0.6 is 23.2 Å². The standard InChI is InChI=1S/C12H10Cl2N2O3/c1-2-19-12(18)9-6-11(17)16(15-9)10-4-3-7(13)5-8(10)14/h3-6,15H,2H2,1H3. The molecule has 0 saturated carbocycles. The summed E-state index contributed by atoms with van der Waals surface area (Å²) >= 11 is 11.8. The molecule has 0 aliphatic rings. The molecule has 0 saturated heterocycles. The maximum absolute atomic E-state index is 11.8. The van der Waals surface area contributed by atoms with Crippen LogP contribution in [0.4, 0.5) is 0 Å². The van der Waals surface area contributed by atoms with Crippen molar-refractivity contribution in [1.29, 1.82) is 0 Å². The van der Waals surface area contributed by atoms with Gasteiger partial charge in [0.25, 0.3) is 5.56 Å². The molecule has 19 heavy (non-hydrogen) atoms. The maximum Gasteiger partial charge on any atom is 0.356 e. The zero-order valence-corrected chi connectivity index (χ0v) is 11.5. The van der Waals surface area contributed by atoms with E-state index in [2.05, 4.69) is 5.10 Å². The van der Waals surface area contributed by atoms with Crippen LogP contribution in [0.15, 0.2) is 29.1 Å². The summed E-state index contributed by atoms with van der Waals surface area (Å²) in [6.07, 6.45) is 0. The molecule has 1 N–H and O–H groups in total. The van der Waals surface area contributed by atoms with Crippen LogP contribution in [0.2, 0.25) is 10.0 Å². The number of H-pyrrole nitrogens is 1. The van der Waals surface area contributed by atoms with Crippen LogP contribution in [-0.2, 0) is 4.74 Å². The normalized spacial score (nSPS) is 10.5. The van der Waals surface area contributed by atoms with Crippen LogP contribution < -0.4 is 5.56 Å². The van der Waals surface area contributed by atoms with E-state index < -0.39 is 11.5 Å². The van der Waals surface area contributed by atoms with Gasteiger partial charge in [-0.15, -0.1) is 0 Å². The number of hydrogen-bond donors (Lipinski definition) is 1. The summed E-state index contributed by atoms with van der Waals surface area (Å²) in [7, 11) is 0. The van der Waals surface area contributed by atoms with E-state index in [0.717, 1.165) is 10.7 Å². The minimum Gasteiger partial charge on any atom is -0.461 e. The number of hydrogen-bond acceptors (Lipinski definition) is 3. The molecule has 0 bridgehead atoms. The van der Waals surface area contributed by atoms with Crippen molar-refractivity contribution in [3.63, 3.8) is 0 Å². The van der Waals surface area contributed by atoms with Crippen molar-refractivity contribution in [3.05, 3.63) is 50.4 Å². The number of nitrogens with zero attached hydrogens (tertiary/aromatic N) is 1. The first-order valence-corrected chi connectivity index (χ1v) is 6.23. The highest BCUT2D eigenvalue weighted by atomic mass is 35.5. The average molecular weight is 301 g/mol. The molecule has 0 aliphatic carbocycles. The van der Waals surface area contributed by atoms with Gasteiger partial charge in [0.2, 0.25) is 0 Å². The average Bonchev–Trinajstić information content (AvgIpc) is 2.72. The van der Waals surface area contributed by atoms with Gasteiger partial charge in [-0.3, -0.25) is 9.89 Å². The van der Waals surface area contributed by atoms with E-state index in [9.17, 15) is 9.59 Å². The van der Waals surface area contributed by atoms with E-state index in [1.165, 1.54) is 6.07 Å². The number of halogens is 2. The molecule has 0 atom stereocenters. The van der Waals surface area contributed by atoms with Gasteiger partial charge in [-0.2, -0.15) is 0 Å². The van der Waals surface area contributed by atoms with Crippen molar-refractivity contribution in [2.24, 2.45) is 0 Å². The molecule has 1 aromatic heterocycles. The summed E-state index contributed by atoms with van der Waals surface area (Å²) in [5, 5.41) is 3.40. The summed E-state index contributed by atoms with van der Waals surface area (Å²) < 4.78 is 5.96. The van der Waals surface area contributed by atoms with Gasteiger partial charge in [0.1, 0.15) is 5.69 Å². The predicted molar refractivity (Wildman–Crippen MR) is 72.4 cm³/mol. The molecular formula is C12H10Cl2N2O3. The third-order valence-corrected chi connectivity index (χ3v) is 2.90. The van der Waals surface area contributed by atoms with Gasteiger partial charge >= 0.3 is 5.97 Å². The van der Waals surface area contributed by atoms with Gasteiger partial charge in [-0.25, -0.2) is 9.48 Å². The Morgan fingerprint density at radius 2 is 2.11 bits per heavy atom. The van der Waals surface area contributed by atoms with Crippen LogP contribution in [0.1, 0.15) is 17.4 Å².